The molecule has 0 amide bonds. The van der Waals surface area contributed by atoms with Gasteiger partial charge < -0.3 is 10.1 Å². The van der Waals surface area contributed by atoms with Crippen molar-refractivity contribution in [2.24, 2.45) is 0 Å². The first-order valence-corrected chi connectivity index (χ1v) is 7.29. The van der Waals surface area contributed by atoms with E-state index in [0.29, 0.717) is 6.54 Å². The quantitative estimate of drug-likeness (QED) is 0.640. The Labute approximate surface area is 127 Å². The van der Waals surface area contributed by atoms with Gasteiger partial charge in [0.05, 0.1) is 12.0 Å². The Morgan fingerprint density at radius 1 is 1.19 bits per heavy atom. The highest BCUT2D eigenvalue weighted by molar-refractivity contribution is 7.99. The van der Waals surface area contributed by atoms with E-state index in [1.807, 2.05) is 37.3 Å². The molecule has 21 heavy (non-hydrogen) atoms. The van der Waals surface area contributed by atoms with Crippen LogP contribution in [0.4, 0.5) is 11.4 Å². The van der Waals surface area contributed by atoms with Crippen molar-refractivity contribution in [1.82, 2.24) is 0 Å². The number of hydrogen-bond acceptors (Lipinski definition) is 5. The van der Waals surface area contributed by atoms with Gasteiger partial charge in [-0.3, -0.25) is 10.1 Å². The lowest BCUT2D eigenvalue weighted by atomic mass is 10.3. The molecule has 2 aromatic rings. The average molecular weight is 304 g/mol. The fourth-order valence-corrected chi connectivity index (χ4v) is 2.74. The zero-order chi connectivity index (χ0) is 15.2. The normalized spacial score (nSPS) is 10.2. The number of nitrogens with one attached hydrogen (secondary N) is 1. The second-order valence-corrected chi connectivity index (χ2v) is 5.43. The zero-order valence-corrected chi connectivity index (χ0v) is 12.6. The van der Waals surface area contributed by atoms with E-state index in [2.05, 4.69) is 5.32 Å². The number of ether oxygens (including phenoxy) is 1. The van der Waals surface area contributed by atoms with Gasteiger partial charge in [0.1, 0.15) is 5.75 Å². The van der Waals surface area contributed by atoms with E-state index in [9.17, 15) is 10.1 Å². The minimum atomic E-state index is -0.376. The molecule has 2 aromatic carbocycles. The van der Waals surface area contributed by atoms with Gasteiger partial charge in [-0.15, -0.1) is 0 Å². The van der Waals surface area contributed by atoms with Gasteiger partial charge in [0.25, 0.3) is 5.69 Å². The van der Waals surface area contributed by atoms with Crippen molar-refractivity contribution in [2.45, 2.75) is 16.7 Å². The number of methoxy groups -OCH3 is 1. The fourth-order valence-electron chi connectivity index (χ4n) is 1.83. The number of hydrogen-bond donors (Lipinski definition) is 1. The molecule has 0 spiro atoms. The van der Waals surface area contributed by atoms with Gasteiger partial charge in [-0.2, -0.15) is 0 Å². The Balaban J connectivity index is 2.26. The molecule has 0 radical (unpaired) electrons. The van der Waals surface area contributed by atoms with Crippen LogP contribution in [0.3, 0.4) is 0 Å². The third kappa shape index (κ3) is 4.13. The molecule has 2 rings (SSSR count). The third-order valence-electron chi connectivity index (χ3n) is 2.78. The van der Waals surface area contributed by atoms with Crippen molar-refractivity contribution in [3.8, 4) is 5.75 Å². The molecule has 5 nitrogen and oxygen atoms in total. The highest BCUT2D eigenvalue weighted by atomic mass is 32.2. The maximum Gasteiger partial charge on any atom is 0.272 e. The van der Waals surface area contributed by atoms with E-state index < -0.39 is 0 Å². The first-order chi connectivity index (χ1) is 10.1. The number of benzene rings is 2. The predicted octanol–water partition coefficient (Wildman–Crippen LogP) is 4.19. The highest BCUT2D eigenvalue weighted by Gasteiger charge is 2.10. The average Bonchev–Trinajstić information content (AvgIpc) is 2.48. The molecule has 0 atom stereocenters. The molecule has 6 heteroatoms. The molecule has 1 N–H and O–H groups in total. The van der Waals surface area contributed by atoms with Gasteiger partial charge in [0.2, 0.25) is 0 Å². The summed E-state index contributed by atoms with van der Waals surface area (Å²) in [5, 5.41) is 14.1. The summed E-state index contributed by atoms with van der Waals surface area (Å²) in [4.78, 5) is 12.4. The first kappa shape index (κ1) is 15.2. The number of rotatable bonds is 6. The summed E-state index contributed by atoms with van der Waals surface area (Å²) in [5.41, 5.74) is 0.840. The van der Waals surface area contributed by atoms with E-state index in [4.69, 9.17) is 4.74 Å². The first-order valence-electron chi connectivity index (χ1n) is 6.47. The molecule has 0 unspecified atom stereocenters. The molecule has 0 aliphatic heterocycles. The SMILES string of the molecule is CCNc1cc(Sc2ccc(OC)cc2)cc([N+](=O)[O-])c1. The molecular weight excluding hydrogens is 288 g/mol. The van der Waals surface area contributed by atoms with Crippen LogP contribution < -0.4 is 10.1 Å². The largest absolute Gasteiger partial charge is 0.497 e. The third-order valence-corrected chi connectivity index (χ3v) is 3.76. The summed E-state index contributed by atoms with van der Waals surface area (Å²) < 4.78 is 5.11. The van der Waals surface area contributed by atoms with Gasteiger partial charge in [-0.1, -0.05) is 11.8 Å². The minimum Gasteiger partial charge on any atom is -0.497 e. The Bertz CT molecular complexity index is 629. The van der Waals surface area contributed by atoms with Crippen LogP contribution in [0.15, 0.2) is 52.3 Å². The molecule has 0 saturated carbocycles. The van der Waals surface area contributed by atoms with Crippen LogP contribution >= 0.6 is 11.8 Å². The van der Waals surface area contributed by atoms with Crippen LogP contribution in [0.2, 0.25) is 0 Å². The van der Waals surface area contributed by atoms with Gasteiger partial charge in [0.15, 0.2) is 0 Å². The molecule has 0 bridgehead atoms. The summed E-state index contributed by atoms with van der Waals surface area (Å²) in [6.45, 7) is 2.67. The van der Waals surface area contributed by atoms with Crippen molar-refractivity contribution in [3.63, 3.8) is 0 Å². The number of nitro groups is 1. The monoisotopic (exact) mass is 304 g/mol. The summed E-state index contributed by atoms with van der Waals surface area (Å²) in [6, 6.07) is 12.6. The number of nitro benzene ring substituents is 1. The van der Waals surface area contributed by atoms with Crippen molar-refractivity contribution in [2.75, 3.05) is 19.0 Å². The van der Waals surface area contributed by atoms with Gasteiger partial charge in [-0.25, -0.2) is 0 Å². The number of non-ortho nitro benzene ring substituents is 1. The Morgan fingerprint density at radius 3 is 2.48 bits per heavy atom. The van der Waals surface area contributed by atoms with Crippen molar-refractivity contribution in [1.29, 1.82) is 0 Å². The summed E-state index contributed by atoms with van der Waals surface area (Å²) in [6.07, 6.45) is 0. The van der Waals surface area contributed by atoms with Crippen LogP contribution in [-0.2, 0) is 0 Å². The van der Waals surface area contributed by atoms with Crippen molar-refractivity contribution < 1.29 is 9.66 Å². The van der Waals surface area contributed by atoms with E-state index in [1.165, 1.54) is 11.8 Å². The lowest BCUT2D eigenvalue weighted by Gasteiger charge is -2.07. The molecule has 110 valence electrons. The van der Waals surface area contributed by atoms with Crippen LogP contribution in [0.25, 0.3) is 0 Å². The maximum atomic E-state index is 11.0. The van der Waals surface area contributed by atoms with Crippen LogP contribution in [-0.4, -0.2) is 18.6 Å². The van der Waals surface area contributed by atoms with E-state index in [1.54, 1.807) is 19.2 Å². The van der Waals surface area contributed by atoms with E-state index >= 15 is 0 Å². The summed E-state index contributed by atoms with van der Waals surface area (Å²) >= 11 is 1.48. The molecule has 0 fully saturated rings. The summed E-state index contributed by atoms with van der Waals surface area (Å²) in [7, 11) is 1.62. The van der Waals surface area contributed by atoms with Crippen molar-refractivity contribution >= 4 is 23.1 Å². The Morgan fingerprint density at radius 2 is 1.90 bits per heavy atom. The van der Waals surface area contributed by atoms with E-state index in [0.717, 1.165) is 21.2 Å². The standard InChI is InChI=1S/C15H16N2O3S/c1-3-16-11-8-12(17(18)19)10-15(9-11)21-14-6-4-13(20-2)5-7-14/h4-10,16H,3H2,1-2H3. The smallest absolute Gasteiger partial charge is 0.272 e. The second kappa shape index (κ2) is 6.99. The lowest BCUT2D eigenvalue weighted by molar-refractivity contribution is -0.385. The van der Waals surface area contributed by atoms with Crippen LogP contribution in [0, 0.1) is 10.1 Å². The topological polar surface area (TPSA) is 64.4 Å². The van der Waals surface area contributed by atoms with Gasteiger partial charge in [-0.05, 0) is 37.3 Å². The Kier molecular flexibility index (Phi) is 5.05. The van der Waals surface area contributed by atoms with Crippen LogP contribution in [0.1, 0.15) is 6.92 Å². The van der Waals surface area contributed by atoms with Gasteiger partial charge in [0, 0.05) is 34.2 Å². The number of anilines is 1. The Hall–Kier alpha value is -2.21. The van der Waals surface area contributed by atoms with Gasteiger partial charge >= 0.3 is 0 Å². The molecular formula is C15H16N2O3S. The predicted molar refractivity (Wildman–Crippen MR) is 84.4 cm³/mol. The minimum absolute atomic E-state index is 0.0875. The second-order valence-electron chi connectivity index (χ2n) is 4.28. The van der Waals surface area contributed by atoms with E-state index in [-0.39, 0.29) is 10.6 Å². The molecule has 0 aromatic heterocycles. The van der Waals surface area contributed by atoms with Crippen molar-refractivity contribution in [3.05, 3.63) is 52.6 Å². The number of nitrogens with zero attached hydrogens (tertiary/aromatic N) is 1. The van der Waals surface area contributed by atoms with Crippen LogP contribution in [0.5, 0.6) is 5.75 Å². The molecule has 0 saturated heterocycles. The zero-order valence-electron chi connectivity index (χ0n) is 11.8. The molecule has 0 heterocycles. The molecule has 0 aliphatic rings. The lowest BCUT2D eigenvalue weighted by Crippen LogP contribution is -1.98. The maximum absolute atomic E-state index is 11.0. The summed E-state index contributed by atoms with van der Waals surface area (Å²) in [5.74, 6) is 0.784. The molecule has 0 aliphatic carbocycles. The fraction of sp³-hybridized carbons (Fsp3) is 0.200. The highest BCUT2D eigenvalue weighted by Crippen LogP contribution is 2.33.